The summed E-state index contributed by atoms with van der Waals surface area (Å²) in [5.41, 5.74) is 3.70. The molecule has 1 amide bonds. The summed E-state index contributed by atoms with van der Waals surface area (Å²) in [7, 11) is 1.53. The quantitative estimate of drug-likeness (QED) is 0.398. The van der Waals surface area contributed by atoms with Gasteiger partial charge in [-0.05, 0) is 57.9 Å². The number of hydrazone groups is 1. The van der Waals surface area contributed by atoms with Crippen molar-refractivity contribution in [1.82, 2.24) is 5.43 Å². The van der Waals surface area contributed by atoms with Gasteiger partial charge in [0.1, 0.15) is 6.61 Å². The lowest BCUT2D eigenvalue weighted by Crippen LogP contribution is -2.17. The summed E-state index contributed by atoms with van der Waals surface area (Å²) in [6, 6.07) is 10.5. The molecule has 0 atom stereocenters. The number of carbonyl (C=O) groups excluding carboxylic acids is 1. The van der Waals surface area contributed by atoms with E-state index < -0.39 is 0 Å². The average molecular weight is 466 g/mol. The second kappa shape index (κ2) is 9.25. The summed E-state index contributed by atoms with van der Waals surface area (Å²) >= 11 is 6.73. The van der Waals surface area contributed by atoms with Crippen LogP contribution in [0.25, 0.3) is 0 Å². The Morgan fingerprint density at radius 3 is 2.68 bits per heavy atom. The van der Waals surface area contributed by atoms with Gasteiger partial charge >= 0.3 is 0 Å². The van der Waals surface area contributed by atoms with Crippen molar-refractivity contribution >= 4 is 44.0 Å². The highest BCUT2D eigenvalue weighted by Crippen LogP contribution is 2.36. The molecule has 7 heteroatoms. The number of methoxy groups -OCH3 is 1. The normalized spacial score (nSPS) is 10.3. The molecule has 0 fully saturated rings. The van der Waals surface area contributed by atoms with E-state index in [-0.39, 0.29) is 12.5 Å². The molecule has 2 rings (SSSR count). The Hall–Kier alpha value is -2.30. The summed E-state index contributed by atoms with van der Waals surface area (Å²) in [5.74, 6) is 3.11. The van der Waals surface area contributed by atoms with Crippen LogP contribution >= 0.6 is 31.9 Å². The Bertz CT molecular complexity index is 827. The van der Waals surface area contributed by atoms with Crippen LogP contribution in [0.15, 0.2) is 50.4 Å². The number of carbonyl (C=O) groups is 1. The predicted molar refractivity (Wildman–Crippen MR) is 104 cm³/mol. The number of nitrogens with one attached hydrogen (secondary N) is 1. The maximum atomic E-state index is 12.0. The fraction of sp³-hybridized carbons (Fsp3) is 0.111. The molecule has 25 heavy (non-hydrogen) atoms. The number of nitrogens with zero attached hydrogens (tertiary/aromatic N) is 1. The third-order valence-corrected chi connectivity index (χ3v) is 4.16. The van der Waals surface area contributed by atoms with Crippen molar-refractivity contribution < 1.29 is 14.3 Å². The van der Waals surface area contributed by atoms with E-state index in [1.54, 1.807) is 36.4 Å². The number of hydrogen-bond donors (Lipinski definition) is 1. The lowest BCUT2D eigenvalue weighted by Gasteiger charge is -2.11. The minimum atomic E-state index is -0.302. The average Bonchev–Trinajstić information content (AvgIpc) is 2.61. The van der Waals surface area contributed by atoms with E-state index in [9.17, 15) is 4.79 Å². The maximum Gasteiger partial charge on any atom is 0.271 e. The van der Waals surface area contributed by atoms with Crippen LogP contribution in [-0.4, -0.2) is 25.8 Å². The molecule has 5 nitrogen and oxygen atoms in total. The number of hydrogen-bond acceptors (Lipinski definition) is 4. The fourth-order valence-corrected chi connectivity index (χ4v) is 2.74. The van der Waals surface area contributed by atoms with Gasteiger partial charge in [-0.3, -0.25) is 4.79 Å². The molecule has 2 aromatic rings. The van der Waals surface area contributed by atoms with Crippen molar-refractivity contribution in [2.75, 3.05) is 13.7 Å². The molecule has 0 aliphatic heterocycles. The molecular weight excluding hydrogens is 452 g/mol. The topological polar surface area (TPSA) is 59.9 Å². The number of amides is 1. The third kappa shape index (κ3) is 5.34. The van der Waals surface area contributed by atoms with Gasteiger partial charge in [-0.2, -0.15) is 5.10 Å². The van der Waals surface area contributed by atoms with E-state index in [0.717, 1.165) is 4.47 Å². The Labute approximate surface area is 162 Å². The van der Waals surface area contributed by atoms with Gasteiger partial charge in [0, 0.05) is 10.0 Å². The first-order valence-electron chi connectivity index (χ1n) is 7.08. The molecular formula is C18H14Br2N2O3. The zero-order valence-corrected chi connectivity index (χ0v) is 16.4. The molecule has 0 saturated heterocycles. The molecule has 0 spiro atoms. The zero-order valence-electron chi connectivity index (χ0n) is 13.3. The lowest BCUT2D eigenvalue weighted by molar-refractivity contribution is 0.0955. The standard InChI is InChI=1S/C18H14Br2N2O3/c1-3-8-25-17-15(20)9-12(10-16(17)24-2)11-21-22-18(23)13-4-6-14(19)7-5-13/h1,4-7,9-11H,8H2,2H3,(H,22,23). The number of benzene rings is 2. The van der Waals surface area contributed by atoms with E-state index in [1.807, 2.05) is 0 Å². The first kappa shape index (κ1) is 19.0. The summed E-state index contributed by atoms with van der Waals surface area (Å²) in [4.78, 5) is 12.0. The van der Waals surface area contributed by atoms with Crippen LogP contribution < -0.4 is 14.9 Å². The number of halogens is 2. The fourth-order valence-electron chi connectivity index (χ4n) is 1.90. The molecule has 128 valence electrons. The van der Waals surface area contributed by atoms with Crippen molar-refractivity contribution in [2.45, 2.75) is 0 Å². The molecule has 0 unspecified atom stereocenters. The van der Waals surface area contributed by atoms with E-state index in [1.165, 1.54) is 13.3 Å². The second-order valence-electron chi connectivity index (χ2n) is 4.73. The molecule has 0 aromatic heterocycles. The van der Waals surface area contributed by atoms with Crippen LogP contribution in [0.5, 0.6) is 11.5 Å². The van der Waals surface area contributed by atoms with Crippen molar-refractivity contribution in [3.8, 4) is 23.8 Å². The maximum absolute atomic E-state index is 12.0. The van der Waals surface area contributed by atoms with Gasteiger partial charge in [0.25, 0.3) is 5.91 Å². The van der Waals surface area contributed by atoms with Gasteiger partial charge in [0.2, 0.25) is 0 Å². The van der Waals surface area contributed by atoms with E-state index >= 15 is 0 Å². The summed E-state index contributed by atoms with van der Waals surface area (Å²) in [6.45, 7) is 0.131. The molecule has 1 N–H and O–H groups in total. The molecule has 0 bridgehead atoms. The SMILES string of the molecule is C#CCOc1c(Br)cc(C=NNC(=O)c2ccc(Br)cc2)cc1OC. The van der Waals surface area contributed by atoms with Gasteiger partial charge in [-0.15, -0.1) is 6.42 Å². The Balaban J connectivity index is 2.10. The highest BCUT2D eigenvalue weighted by atomic mass is 79.9. The van der Waals surface area contributed by atoms with E-state index in [0.29, 0.717) is 27.1 Å². The van der Waals surface area contributed by atoms with Crippen LogP contribution in [0.2, 0.25) is 0 Å². The van der Waals surface area contributed by atoms with E-state index in [4.69, 9.17) is 15.9 Å². The minimum absolute atomic E-state index is 0.131. The van der Waals surface area contributed by atoms with Gasteiger partial charge < -0.3 is 9.47 Å². The molecule has 0 saturated carbocycles. The number of terminal acetylenes is 1. The van der Waals surface area contributed by atoms with Gasteiger partial charge in [-0.25, -0.2) is 5.43 Å². The van der Waals surface area contributed by atoms with Crippen LogP contribution in [0, 0.1) is 12.3 Å². The van der Waals surface area contributed by atoms with Crippen LogP contribution in [0.3, 0.4) is 0 Å². The van der Waals surface area contributed by atoms with Crippen molar-refractivity contribution in [3.63, 3.8) is 0 Å². The monoisotopic (exact) mass is 464 g/mol. The number of ether oxygens (including phenoxy) is 2. The zero-order chi connectivity index (χ0) is 18.2. The largest absolute Gasteiger partial charge is 0.493 e. The Morgan fingerprint density at radius 1 is 1.32 bits per heavy atom. The summed E-state index contributed by atoms with van der Waals surface area (Å²) < 4.78 is 12.3. The summed E-state index contributed by atoms with van der Waals surface area (Å²) in [5, 5.41) is 3.96. The minimum Gasteiger partial charge on any atom is -0.493 e. The van der Waals surface area contributed by atoms with Crippen LogP contribution in [0.1, 0.15) is 15.9 Å². The molecule has 0 heterocycles. The van der Waals surface area contributed by atoms with Crippen molar-refractivity contribution in [2.24, 2.45) is 5.10 Å². The summed E-state index contributed by atoms with van der Waals surface area (Å²) in [6.07, 6.45) is 6.71. The van der Waals surface area contributed by atoms with Gasteiger partial charge in [-0.1, -0.05) is 21.9 Å². The molecule has 0 aliphatic rings. The lowest BCUT2D eigenvalue weighted by atomic mass is 10.2. The van der Waals surface area contributed by atoms with Gasteiger partial charge in [0.05, 0.1) is 17.8 Å². The number of rotatable bonds is 6. The van der Waals surface area contributed by atoms with Crippen LogP contribution in [0.4, 0.5) is 0 Å². The first-order chi connectivity index (χ1) is 12.0. The smallest absolute Gasteiger partial charge is 0.271 e. The highest BCUT2D eigenvalue weighted by Gasteiger charge is 2.11. The Morgan fingerprint density at radius 2 is 2.04 bits per heavy atom. The van der Waals surface area contributed by atoms with Gasteiger partial charge in [0.15, 0.2) is 11.5 Å². The van der Waals surface area contributed by atoms with E-state index in [2.05, 4.69) is 48.3 Å². The predicted octanol–water partition coefficient (Wildman–Crippen LogP) is 4.00. The van der Waals surface area contributed by atoms with Crippen LogP contribution in [-0.2, 0) is 0 Å². The first-order valence-corrected chi connectivity index (χ1v) is 8.66. The van der Waals surface area contributed by atoms with Crippen molar-refractivity contribution in [1.29, 1.82) is 0 Å². The third-order valence-electron chi connectivity index (χ3n) is 3.04. The molecule has 0 aliphatic carbocycles. The second-order valence-corrected chi connectivity index (χ2v) is 6.50. The van der Waals surface area contributed by atoms with Crippen molar-refractivity contribution in [3.05, 3.63) is 56.5 Å². The highest BCUT2D eigenvalue weighted by molar-refractivity contribution is 9.10. The molecule has 2 aromatic carbocycles. The molecule has 0 radical (unpaired) electrons. The Kier molecular flexibility index (Phi) is 7.04.